The number of rotatable bonds is 7. The van der Waals surface area contributed by atoms with Crippen molar-refractivity contribution in [3.8, 4) is 67.5 Å². The van der Waals surface area contributed by atoms with Gasteiger partial charge in [-0.1, -0.05) is 218 Å². The molecule has 0 amide bonds. The van der Waals surface area contributed by atoms with Gasteiger partial charge in [-0.25, -0.2) is 15.0 Å². The van der Waals surface area contributed by atoms with Gasteiger partial charge < -0.3 is 0 Å². The number of hydrogen-bond acceptors (Lipinski definition) is 4. The van der Waals surface area contributed by atoms with E-state index in [0.29, 0.717) is 17.5 Å². The maximum atomic E-state index is 5.61. The fourth-order valence-corrected chi connectivity index (χ4v) is 11.9. The molecule has 0 unspecified atom stereocenters. The number of fused-ring (bicyclic) bond motifs is 7. The van der Waals surface area contributed by atoms with E-state index in [-0.39, 0.29) is 0 Å². The standard InChI is InChI=1S/C62H39N3S/c1-4-20-40(21-5-1)46-31-18-32-50-57-51(33-19-37-56(57)66-58(46)50)61-64-59(43-38-42-24-10-11-27-45(42)52(39-43)41-22-6-2-7-23-41)63-60(65-61)49-30-14-17-36-55(49)62(44-25-8-3-9-26-44)53-34-15-12-28-47(53)48-29-13-16-35-54(48)62/h1-39H. The van der Waals surface area contributed by atoms with E-state index in [1.165, 1.54) is 59.1 Å². The first-order valence-corrected chi connectivity index (χ1v) is 23.3. The number of thiophene rings is 1. The first kappa shape index (κ1) is 38.2. The van der Waals surface area contributed by atoms with Crippen LogP contribution < -0.4 is 0 Å². The van der Waals surface area contributed by atoms with Gasteiger partial charge in [0.25, 0.3) is 0 Å². The Hall–Kier alpha value is -8.31. The largest absolute Gasteiger partial charge is 0.208 e. The van der Waals surface area contributed by atoms with Crippen LogP contribution in [0.1, 0.15) is 22.3 Å². The molecule has 12 aromatic rings. The fourth-order valence-electron chi connectivity index (χ4n) is 10.6. The van der Waals surface area contributed by atoms with Crippen molar-refractivity contribution in [2.24, 2.45) is 0 Å². The summed E-state index contributed by atoms with van der Waals surface area (Å²) in [7, 11) is 0. The summed E-state index contributed by atoms with van der Waals surface area (Å²) in [6.45, 7) is 0. The zero-order chi connectivity index (χ0) is 43.6. The highest BCUT2D eigenvalue weighted by Gasteiger charge is 2.47. The molecule has 66 heavy (non-hydrogen) atoms. The molecule has 0 saturated heterocycles. The van der Waals surface area contributed by atoms with Crippen molar-refractivity contribution in [1.29, 1.82) is 0 Å². The average Bonchev–Trinajstić information content (AvgIpc) is 3.93. The Kier molecular flexibility index (Phi) is 8.93. The van der Waals surface area contributed by atoms with E-state index in [0.717, 1.165) is 44.2 Å². The third kappa shape index (κ3) is 5.92. The maximum Gasteiger partial charge on any atom is 0.164 e. The second kappa shape index (κ2) is 15.4. The van der Waals surface area contributed by atoms with Gasteiger partial charge in [-0.2, -0.15) is 0 Å². The van der Waals surface area contributed by atoms with Crippen LogP contribution in [0.2, 0.25) is 0 Å². The molecule has 0 aliphatic heterocycles. The van der Waals surface area contributed by atoms with Crippen LogP contribution in [0.3, 0.4) is 0 Å². The normalized spacial score (nSPS) is 12.7. The Morgan fingerprint density at radius 1 is 0.318 bits per heavy atom. The Morgan fingerprint density at radius 3 is 1.50 bits per heavy atom. The molecule has 1 aliphatic rings. The van der Waals surface area contributed by atoms with Gasteiger partial charge in [0.05, 0.1) is 5.41 Å². The SMILES string of the molecule is c1ccc(-c2cc(-c3nc(-c4ccccc4C4(c5ccccc5)c5ccccc5-c5ccccc54)nc(-c4cccc5sc6c(-c7ccccc7)cccc6c45)n3)cc3ccccc23)cc1. The zero-order valence-corrected chi connectivity index (χ0v) is 36.6. The Morgan fingerprint density at radius 2 is 0.803 bits per heavy atom. The smallest absolute Gasteiger partial charge is 0.164 e. The maximum absolute atomic E-state index is 5.61. The van der Waals surface area contributed by atoms with Gasteiger partial charge in [0.2, 0.25) is 0 Å². The lowest BCUT2D eigenvalue weighted by Gasteiger charge is -2.35. The lowest BCUT2D eigenvalue weighted by molar-refractivity contribution is 0.769. The molecule has 308 valence electrons. The third-order valence-corrected chi connectivity index (χ3v) is 14.6. The van der Waals surface area contributed by atoms with Crippen molar-refractivity contribution < 1.29 is 0 Å². The molecule has 0 N–H and O–H groups in total. The summed E-state index contributed by atoms with van der Waals surface area (Å²) in [5, 5.41) is 4.64. The minimum Gasteiger partial charge on any atom is -0.208 e. The van der Waals surface area contributed by atoms with Crippen molar-refractivity contribution in [3.05, 3.63) is 259 Å². The summed E-state index contributed by atoms with van der Waals surface area (Å²) in [4.78, 5) is 16.7. The Bertz CT molecular complexity index is 3770. The van der Waals surface area contributed by atoms with Crippen molar-refractivity contribution in [1.82, 2.24) is 15.0 Å². The summed E-state index contributed by atoms with van der Waals surface area (Å²) < 4.78 is 2.44. The highest BCUT2D eigenvalue weighted by Crippen LogP contribution is 2.57. The molecule has 2 heterocycles. The van der Waals surface area contributed by atoms with E-state index in [1.54, 1.807) is 0 Å². The molecular weight excluding hydrogens is 819 g/mol. The summed E-state index contributed by atoms with van der Waals surface area (Å²) in [6, 6.07) is 85.1. The molecule has 3 nitrogen and oxygen atoms in total. The molecule has 10 aromatic carbocycles. The summed E-state index contributed by atoms with van der Waals surface area (Å²) in [5.74, 6) is 1.88. The number of aromatic nitrogens is 3. The van der Waals surface area contributed by atoms with Crippen LogP contribution in [0.4, 0.5) is 0 Å². The van der Waals surface area contributed by atoms with Crippen LogP contribution in [0, 0.1) is 0 Å². The minimum absolute atomic E-state index is 0.621. The van der Waals surface area contributed by atoms with Crippen LogP contribution in [0.15, 0.2) is 237 Å². The van der Waals surface area contributed by atoms with Crippen molar-refractivity contribution in [2.75, 3.05) is 0 Å². The van der Waals surface area contributed by atoms with Gasteiger partial charge in [0.1, 0.15) is 0 Å². The third-order valence-electron chi connectivity index (χ3n) is 13.4. The predicted molar refractivity (Wildman–Crippen MR) is 275 cm³/mol. The van der Waals surface area contributed by atoms with Crippen LogP contribution in [-0.2, 0) is 5.41 Å². The summed E-state index contributed by atoms with van der Waals surface area (Å²) in [6.07, 6.45) is 0. The molecule has 13 rings (SSSR count). The lowest BCUT2D eigenvalue weighted by Crippen LogP contribution is -2.29. The predicted octanol–water partition coefficient (Wildman–Crippen LogP) is 16.1. The Balaban J connectivity index is 1.12. The Labute approximate surface area is 387 Å². The monoisotopic (exact) mass is 857 g/mol. The first-order valence-electron chi connectivity index (χ1n) is 22.4. The van der Waals surface area contributed by atoms with Gasteiger partial charge in [0.15, 0.2) is 17.5 Å². The number of nitrogens with zero attached hydrogens (tertiary/aromatic N) is 3. The number of benzene rings is 10. The van der Waals surface area contributed by atoms with Crippen LogP contribution in [0.25, 0.3) is 98.5 Å². The molecule has 0 fully saturated rings. The van der Waals surface area contributed by atoms with Crippen molar-refractivity contribution in [2.45, 2.75) is 5.41 Å². The van der Waals surface area contributed by atoms with Gasteiger partial charge >= 0.3 is 0 Å². The van der Waals surface area contributed by atoms with E-state index in [1.807, 2.05) is 11.3 Å². The topological polar surface area (TPSA) is 38.7 Å². The van der Waals surface area contributed by atoms with Crippen molar-refractivity contribution >= 4 is 42.3 Å². The molecule has 0 radical (unpaired) electrons. The van der Waals surface area contributed by atoms with E-state index < -0.39 is 5.41 Å². The van der Waals surface area contributed by atoms with Gasteiger partial charge in [0, 0.05) is 36.9 Å². The highest BCUT2D eigenvalue weighted by atomic mass is 32.1. The fraction of sp³-hybridized carbons (Fsp3) is 0.0161. The van der Waals surface area contributed by atoms with Gasteiger partial charge in [-0.15, -0.1) is 11.3 Å². The first-order chi connectivity index (χ1) is 32.7. The van der Waals surface area contributed by atoms with E-state index >= 15 is 0 Å². The van der Waals surface area contributed by atoms with E-state index in [4.69, 9.17) is 15.0 Å². The summed E-state index contributed by atoms with van der Waals surface area (Å²) in [5.41, 5.74) is 14.2. The molecule has 1 aliphatic carbocycles. The molecule has 0 spiro atoms. The average molecular weight is 858 g/mol. The van der Waals surface area contributed by atoms with E-state index in [9.17, 15) is 0 Å². The van der Waals surface area contributed by atoms with Crippen LogP contribution in [0.5, 0.6) is 0 Å². The van der Waals surface area contributed by atoms with Gasteiger partial charge in [-0.05, 0) is 84.6 Å². The molecule has 4 heteroatoms. The molecule has 0 saturated carbocycles. The molecule has 2 aromatic heterocycles. The minimum atomic E-state index is -0.654. The zero-order valence-electron chi connectivity index (χ0n) is 35.8. The molecule has 0 atom stereocenters. The lowest BCUT2D eigenvalue weighted by atomic mass is 9.66. The highest BCUT2D eigenvalue weighted by molar-refractivity contribution is 7.26. The number of hydrogen-bond donors (Lipinski definition) is 0. The quantitative estimate of drug-likeness (QED) is 0.160. The molecule has 0 bridgehead atoms. The van der Waals surface area contributed by atoms with Crippen LogP contribution in [-0.4, -0.2) is 15.0 Å². The summed E-state index contributed by atoms with van der Waals surface area (Å²) >= 11 is 1.83. The second-order valence-electron chi connectivity index (χ2n) is 17.0. The van der Waals surface area contributed by atoms with Gasteiger partial charge in [-0.3, -0.25) is 0 Å². The second-order valence-corrected chi connectivity index (χ2v) is 18.1. The van der Waals surface area contributed by atoms with E-state index in [2.05, 4.69) is 237 Å². The molecular formula is C62H39N3S. The van der Waals surface area contributed by atoms with Crippen molar-refractivity contribution in [3.63, 3.8) is 0 Å². The van der Waals surface area contributed by atoms with Crippen LogP contribution >= 0.6 is 11.3 Å².